The average molecular weight is 421 g/mol. The van der Waals surface area contributed by atoms with Crippen molar-refractivity contribution < 1.29 is 37.4 Å². The van der Waals surface area contributed by atoms with Crippen LogP contribution in [0.4, 0.5) is 5.69 Å². The predicted molar refractivity (Wildman–Crippen MR) is 101 cm³/mol. The topological polar surface area (TPSA) is 135 Å². The van der Waals surface area contributed by atoms with Crippen LogP contribution in [0.3, 0.4) is 0 Å². The lowest BCUT2D eigenvalue weighted by molar-refractivity contribution is -0.132. The number of imide groups is 1. The van der Waals surface area contributed by atoms with E-state index in [1.165, 1.54) is 6.07 Å². The number of carbonyl (C=O) groups is 4. The first-order chi connectivity index (χ1) is 13.7. The van der Waals surface area contributed by atoms with Gasteiger partial charge in [-0.3, -0.25) is 14.4 Å². The van der Waals surface area contributed by atoms with Crippen molar-refractivity contribution in [2.75, 3.05) is 4.90 Å². The number of benzene rings is 1. The van der Waals surface area contributed by atoms with Gasteiger partial charge in [0.25, 0.3) is 5.91 Å². The van der Waals surface area contributed by atoms with Gasteiger partial charge >= 0.3 is 11.9 Å². The lowest BCUT2D eigenvalue weighted by Gasteiger charge is -2.25. The molecule has 29 heavy (non-hydrogen) atoms. The molecule has 0 aromatic heterocycles. The van der Waals surface area contributed by atoms with Crippen LogP contribution in [0.5, 0.6) is 5.75 Å². The molecule has 1 saturated carbocycles. The van der Waals surface area contributed by atoms with E-state index in [1.54, 1.807) is 0 Å². The number of hydrogen-bond acceptors (Lipinski definition) is 7. The van der Waals surface area contributed by atoms with Gasteiger partial charge < -0.3 is 9.84 Å². The summed E-state index contributed by atoms with van der Waals surface area (Å²) >= 11 is 0. The molecule has 2 fully saturated rings. The molecule has 3 rings (SSSR count). The molecular formula is C19H19NO8S. The molecule has 1 aromatic rings. The van der Waals surface area contributed by atoms with Gasteiger partial charge in [0.1, 0.15) is 11.3 Å². The fourth-order valence-electron chi connectivity index (χ4n) is 3.96. The maximum absolute atomic E-state index is 13.1. The van der Waals surface area contributed by atoms with E-state index in [1.807, 2.05) is 0 Å². The Labute approximate surface area is 167 Å². The van der Waals surface area contributed by atoms with Gasteiger partial charge in [0, 0.05) is 13.0 Å². The molecule has 10 heteroatoms. The predicted octanol–water partition coefficient (Wildman–Crippen LogP) is 1.43. The first-order valence-electron chi connectivity index (χ1n) is 9.12. The first kappa shape index (κ1) is 20.7. The Balaban J connectivity index is 2.07. The Morgan fingerprint density at radius 2 is 1.79 bits per heavy atom. The van der Waals surface area contributed by atoms with Crippen LogP contribution in [0.25, 0.3) is 0 Å². The normalized spacial score (nSPS) is 20.1. The van der Waals surface area contributed by atoms with Crippen LogP contribution >= 0.6 is 0 Å². The van der Waals surface area contributed by atoms with Gasteiger partial charge in [-0.25, -0.2) is 9.69 Å². The van der Waals surface area contributed by atoms with E-state index >= 15 is 0 Å². The Bertz CT molecular complexity index is 1030. The number of esters is 1. The van der Waals surface area contributed by atoms with E-state index in [9.17, 15) is 32.7 Å². The van der Waals surface area contributed by atoms with E-state index in [2.05, 4.69) is 0 Å². The maximum Gasteiger partial charge on any atom is 0.339 e. The quantitative estimate of drug-likeness (QED) is 0.334. The minimum Gasteiger partial charge on any atom is -0.478 e. The molecule has 154 valence electrons. The molecule has 2 amide bonds. The summed E-state index contributed by atoms with van der Waals surface area (Å²) in [5.41, 5.74) is -0.383. The molecule has 0 radical (unpaired) electrons. The Morgan fingerprint density at radius 1 is 1.14 bits per heavy atom. The number of carboxylic acids is 1. The lowest BCUT2D eigenvalue weighted by Crippen LogP contribution is -2.32. The smallest absolute Gasteiger partial charge is 0.339 e. The molecule has 1 aliphatic heterocycles. The Kier molecular flexibility index (Phi) is 5.83. The van der Waals surface area contributed by atoms with Gasteiger partial charge in [-0.15, -0.1) is 0 Å². The standard InChI is InChI=1S/C19H19NO8S/c1-10(21)28-14-9-12(7-8-13(14)19(24)25)20-17(22)15(11-5-3-2-4-6-11)16(18(20)23)29(26)27/h7-9,11,15H,2-6H2,1H3,(H,24,25). The Hall–Kier alpha value is -3.01. The SMILES string of the molecule is CC(=O)Oc1cc(N2C(=O)C(=S(=O)=O)C(C3CCCCC3)C2=O)ccc1C(=O)O. The van der Waals surface area contributed by atoms with Crippen molar-refractivity contribution in [1.82, 2.24) is 0 Å². The highest BCUT2D eigenvalue weighted by Crippen LogP contribution is 2.38. The summed E-state index contributed by atoms with van der Waals surface area (Å²) in [6, 6.07) is 3.38. The van der Waals surface area contributed by atoms with Crippen molar-refractivity contribution in [3.05, 3.63) is 23.8 Å². The zero-order valence-electron chi connectivity index (χ0n) is 15.6. The number of hydrogen-bond donors (Lipinski definition) is 1. The molecule has 1 unspecified atom stereocenters. The molecule has 1 N–H and O–H groups in total. The van der Waals surface area contributed by atoms with E-state index in [0.29, 0.717) is 12.8 Å². The number of carboxylic acid groups (broad SMARTS) is 1. The molecule has 0 bridgehead atoms. The van der Waals surface area contributed by atoms with Gasteiger partial charge in [-0.2, -0.15) is 8.42 Å². The van der Waals surface area contributed by atoms with Crippen molar-refractivity contribution in [3.63, 3.8) is 0 Å². The molecule has 1 aliphatic carbocycles. The zero-order valence-corrected chi connectivity index (χ0v) is 16.4. The van der Waals surface area contributed by atoms with Crippen LogP contribution in [0.2, 0.25) is 0 Å². The second kappa shape index (κ2) is 8.16. The largest absolute Gasteiger partial charge is 0.478 e. The highest BCUT2D eigenvalue weighted by atomic mass is 32.2. The summed E-state index contributed by atoms with van der Waals surface area (Å²) < 4.78 is 28.4. The number of aromatic carboxylic acids is 1. The third-order valence-corrected chi connectivity index (χ3v) is 5.98. The molecule has 0 spiro atoms. The van der Waals surface area contributed by atoms with Gasteiger partial charge in [-0.1, -0.05) is 19.3 Å². The monoisotopic (exact) mass is 421 g/mol. The van der Waals surface area contributed by atoms with Crippen molar-refractivity contribution in [2.24, 2.45) is 11.8 Å². The summed E-state index contributed by atoms with van der Waals surface area (Å²) in [6.07, 6.45) is 3.99. The minimum absolute atomic E-state index is 0.0532. The van der Waals surface area contributed by atoms with Crippen LogP contribution in [0.15, 0.2) is 18.2 Å². The van der Waals surface area contributed by atoms with E-state index in [-0.39, 0.29) is 22.9 Å². The molecule has 1 atom stereocenters. The summed E-state index contributed by atoms with van der Waals surface area (Å²) in [6.45, 7) is 1.08. The maximum atomic E-state index is 13.1. The number of nitrogens with zero attached hydrogens (tertiary/aromatic N) is 1. The lowest BCUT2D eigenvalue weighted by atomic mass is 9.79. The van der Waals surface area contributed by atoms with E-state index < -0.39 is 44.8 Å². The number of amides is 2. The highest BCUT2D eigenvalue weighted by molar-refractivity contribution is 7.75. The van der Waals surface area contributed by atoms with Crippen molar-refractivity contribution >= 4 is 44.6 Å². The molecule has 1 heterocycles. The fourth-order valence-corrected chi connectivity index (χ4v) is 4.70. The average Bonchev–Trinajstić information content (AvgIpc) is 2.92. The van der Waals surface area contributed by atoms with Crippen molar-refractivity contribution in [2.45, 2.75) is 39.0 Å². The van der Waals surface area contributed by atoms with Crippen LogP contribution in [0, 0.1) is 11.8 Å². The first-order valence-corrected chi connectivity index (χ1v) is 10.2. The zero-order chi connectivity index (χ0) is 21.3. The van der Waals surface area contributed by atoms with Crippen LogP contribution < -0.4 is 9.64 Å². The minimum atomic E-state index is -2.87. The van der Waals surface area contributed by atoms with Crippen LogP contribution in [-0.4, -0.2) is 42.1 Å². The number of anilines is 1. The van der Waals surface area contributed by atoms with Crippen LogP contribution in [-0.2, 0) is 24.7 Å². The molecule has 1 aromatic carbocycles. The van der Waals surface area contributed by atoms with Crippen molar-refractivity contribution in [1.29, 1.82) is 0 Å². The molecule has 1 saturated heterocycles. The summed E-state index contributed by atoms with van der Waals surface area (Å²) in [7, 11) is -2.87. The summed E-state index contributed by atoms with van der Waals surface area (Å²) in [4.78, 5) is 48.8. The molecule has 9 nitrogen and oxygen atoms in total. The van der Waals surface area contributed by atoms with Gasteiger partial charge in [0.15, 0.2) is 4.86 Å². The fraction of sp³-hybridized carbons (Fsp3) is 0.421. The number of ether oxygens (including phenoxy) is 1. The third-order valence-electron chi connectivity index (χ3n) is 5.19. The summed E-state index contributed by atoms with van der Waals surface area (Å²) in [5.74, 6) is -5.42. The summed E-state index contributed by atoms with van der Waals surface area (Å²) in [5, 5.41) is 9.24. The Morgan fingerprint density at radius 3 is 2.34 bits per heavy atom. The van der Waals surface area contributed by atoms with Gasteiger partial charge in [-0.05, 0) is 30.9 Å². The third kappa shape index (κ3) is 3.93. The highest BCUT2D eigenvalue weighted by Gasteiger charge is 2.50. The van der Waals surface area contributed by atoms with E-state index in [4.69, 9.17) is 4.74 Å². The number of carbonyl (C=O) groups excluding carboxylic acids is 3. The molecule has 2 aliphatic rings. The second-order valence-electron chi connectivity index (χ2n) is 7.03. The van der Waals surface area contributed by atoms with E-state index in [0.717, 1.165) is 43.2 Å². The number of rotatable bonds is 4. The second-order valence-corrected chi connectivity index (χ2v) is 7.94. The molecular weight excluding hydrogens is 402 g/mol. The van der Waals surface area contributed by atoms with Crippen molar-refractivity contribution in [3.8, 4) is 5.75 Å². The van der Waals surface area contributed by atoms with Crippen LogP contribution in [0.1, 0.15) is 49.4 Å². The van der Waals surface area contributed by atoms with Gasteiger partial charge in [0.2, 0.25) is 16.2 Å². The van der Waals surface area contributed by atoms with Gasteiger partial charge in [0.05, 0.1) is 11.6 Å².